The second kappa shape index (κ2) is 9.58. The van der Waals surface area contributed by atoms with Crippen LogP contribution in [0.15, 0.2) is 66.0 Å². The molecule has 0 atom stereocenters. The highest BCUT2D eigenvalue weighted by Crippen LogP contribution is 2.23. The van der Waals surface area contributed by atoms with Crippen molar-refractivity contribution in [1.82, 2.24) is 0 Å². The zero-order valence-corrected chi connectivity index (χ0v) is 16.4. The maximum atomic E-state index is 12.5. The van der Waals surface area contributed by atoms with Crippen LogP contribution in [0.1, 0.15) is 16.9 Å². The van der Waals surface area contributed by atoms with Gasteiger partial charge in [-0.15, -0.1) is 11.3 Å². The van der Waals surface area contributed by atoms with Crippen LogP contribution in [-0.4, -0.2) is 19.6 Å². The summed E-state index contributed by atoms with van der Waals surface area (Å²) in [5, 5.41) is 14.1. The summed E-state index contributed by atoms with van der Waals surface area (Å²) in [7, 11) is 1.64. The molecule has 0 spiro atoms. The minimum absolute atomic E-state index is 0.118. The van der Waals surface area contributed by atoms with E-state index >= 15 is 0 Å². The number of benzene rings is 2. The van der Waals surface area contributed by atoms with Gasteiger partial charge in [-0.05, 0) is 47.8 Å². The molecule has 3 rings (SSSR count). The largest absolute Gasteiger partial charge is 0.497 e. The molecule has 0 unspecified atom stereocenters. The molecular weight excluding hydrogens is 370 g/mol. The lowest BCUT2D eigenvalue weighted by Crippen LogP contribution is -2.27. The van der Waals surface area contributed by atoms with Gasteiger partial charge in [0.15, 0.2) is 0 Å². The third-order valence-electron chi connectivity index (χ3n) is 4.29. The Bertz CT molecular complexity index is 947. The number of ether oxygens (including phenoxy) is 1. The molecular formula is C22H21N3O2S. The molecule has 5 nitrogen and oxygen atoms in total. The monoisotopic (exact) mass is 391 g/mol. The van der Waals surface area contributed by atoms with Crippen molar-refractivity contribution in [2.45, 2.75) is 13.0 Å². The predicted octanol–water partition coefficient (Wildman–Crippen LogP) is 4.66. The second-order valence-corrected chi connectivity index (χ2v) is 7.19. The van der Waals surface area contributed by atoms with E-state index in [0.717, 1.165) is 18.0 Å². The number of hydrogen-bond acceptors (Lipinski definition) is 5. The Morgan fingerprint density at radius 1 is 1.14 bits per heavy atom. The van der Waals surface area contributed by atoms with E-state index in [0.29, 0.717) is 24.2 Å². The lowest BCUT2D eigenvalue weighted by Gasteiger charge is -2.24. The van der Waals surface area contributed by atoms with Crippen molar-refractivity contribution in [2.75, 3.05) is 23.9 Å². The average molecular weight is 391 g/mol. The first-order valence-electron chi connectivity index (χ1n) is 8.90. The Hall–Kier alpha value is -3.30. The number of rotatable bonds is 8. The van der Waals surface area contributed by atoms with Crippen LogP contribution in [0.3, 0.4) is 0 Å². The van der Waals surface area contributed by atoms with Gasteiger partial charge in [0.05, 0.1) is 24.9 Å². The van der Waals surface area contributed by atoms with Crippen molar-refractivity contribution in [3.8, 4) is 11.8 Å². The van der Waals surface area contributed by atoms with E-state index in [1.165, 1.54) is 4.88 Å². The summed E-state index contributed by atoms with van der Waals surface area (Å²) in [4.78, 5) is 15.9. The van der Waals surface area contributed by atoms with Crippen LogP contribution in [0.2, 0.25) is 0 Å². The topological polar surface area (TPSA) is 65.4 Å². The number of hydrogen-bond donors (Lipinski definition) is 1. The van der Waals surface area contributed by atoms with Gasteiger partial charge in [0, 0.05) is 23.5 Å². The molecule has 0 aliphatic heterocycles. The number of carbonyl (C=O) groups is 1. The smallest absolute Gasteiger partial charge is 0.226 e. The van der Waals surface area contributed by atoms with E-state index in [1.54, 1.807) is 42.7 Å². The Kier molecular flexibility index (Phi) is 6.66. The molecule has 2 aromatic carbocycles. The molecule has 0 fully saturated rings. The molecule has 1 aromatic heterocycles. The summed E-state index contributed by atoms with van der Waals surface area (Å²) in [6.07, 6.45) is 0.317. The Morgan fingerprint density at radius 2 is 1.93 bits per heavy atom. The Balaban J connectivity index is 1.68. The minimum atomic E-state index is -0.118. The molecule has 1 heterocycles. The van der Waals surface area contributed by atoms with Gasteiger partial charge >= 0.3 is 0 Å². The fourth-order valence-electron chi connectivity index (χ4n) is 2.82. The summed E-state index contributed by atoms with van der Waals surface area (Å²) in [5.74, 6) is 0.679. The molecule has 0 aliphatic carbocycles. The molecule has 0 radical (unpaired) electrons. The lowest BCUT2D eigenvalue weighted by atomic mass is 10.2. The number of thiophene rings is 1. The van der Waals surface area contributed by atoms with E-state index in [1.807, 2.05) is 35.7 Å². The van der Waals surface area contributed by atoms with Gasteiger partial charge in [-0.25, -0.2) is 0 Å². The van der Waals surface area contributed by atoms with Crippen LogP contribution in [0.25, 0.3) is 0 Å². The number of nitrogens with zero attached hydrogens (tertiary/aromatic N) is 2. The first-order chi connectivity index (χ1) is 13.7. The van der Waals surface area contributed by atoms with Gasteiger partial charge < -0.3 is 15.0 Å². The highest BCUT2D eigenvalue weighted by molar-refractivity contribution is 7.09. The van der Waals surface area contributed by atoms with Crippen molar-refractivity contribution in [2.24, 2.45) is 0 Å². The average Bonchev–Trinajstić information content (AvgIpc) is 3.25. The molecule has 28 heavy (non-hydrogen) atoms. The standard InChI is InChI=1S/C22H21N3O2S/c1-27-19-10-8-18(9-11-19)25(16-20-6-4-14-28-20)13-12-22(26)24-21-7-3-2-5-17(21)15-23/h2-11,14H,12-13,16H2,1H3,(H,24,26). The highest BCUT2D eigenvalue weighted by atomic mass is 32.1. The number of anilines is 2. The van der Waals surface area contributed by atoms with Crippen LogP contribution in [0.4, 0.5) is 11.4 Å². The minimum Gasteiger partial charge on any atom is -0.497 e. The van der Waals surface area contributed by atoms with Gasteiger partial charge in [-0.2, -0.15) is 5.26 Å². The summed E-state index contributed by atoms with van der Waals surface area (Å²) in [6.45, 7) is 1.29. The van der Waals surface area contributed by atoms with Gasteiger partial charge in [0.25, 0.3) is 0 Å². The van der Waals surface area contributed by atoms with Gasteiger partial charge in [0.2, 0.25) is 5.91 Å². The normalized spacial score (nSPS) is 10.1. The fourth-order valence-corrected chi connectivity index (χ4v) is 3.54. The van der Waals surface area contributed by atoms with Crippen LogP contribution in [0, 0.1) is 11.3 Å². The van der Waals surface area contributed by atoms with E-state index in [-0.39, 0.29) is 5.91 Å². The number of nitriles is 1. The molecule has 1 amide bonds. The SMILES string of the molecule is COc1ccc(N(CCC(=O)Nc2ccccc2C#N)Cc2cccs2)cc1. The molecule has 0 saturated heterocycles. The van der Waals surface area contributed by atoms with Crippen LogP contribution < -0.4 is 15.0 Å². The first kappa shape index (κ1) is 19.5. The quantitative estimate of drug-likeness (QED) is 0.606. The van der Waals surface area contributed by atoms with Crippen molar-refractivity contribution >= 4 is 28.6 Å². The summed E-state index contributed by atoms with van der Waals surface area (Å²) >= 11 is 1.69. The van der Waals surface area contributed by atoms with Gasteiger partial charge in [0.1, 0.15) is 11.8 Å². The van der Waals surface area contributed by atoms with Crippen molar-refractivity contribution in [3.63, 3.8) is 0 Å². The van der Waals surface area contributed by atoms with Crippen LogP contribution in [-0.2, 0) is 11.3 Å². The molecule has 6 heteroatoms. The second-order valence-electron chi connectivity index (χ2n) is 6.15. The molecule has 3 aromatic rings. The number of amides is 1. The van der Waals surface area contributed by atoms with Crippen molar-refractivity contribution in [3.05, 3.63) is 76.5 Å². The molecule has 142 valence electrons. The molecule has 1 N–H and O–H groups in total. The highest BCUT2D eigenvalue weighted by Gasteiger charge is 2.12. The summed E-state index contributed by atoms with van der Waals surface area (Å²) < 4.78 is 5.23. The van der Waals surface area contributed by atoms with Gasteiger partial charge in [-0.1, -0.05) is 18.2 Å². The zero-order valence-electron chi connectivity index (χ0n) is 15.6. The predicted molar refractivity (Wildman–Crippen MR) is 113 cm³/mol. The molecule has 0 bridgehead atoms. The third-order valence-corrected chi connectivity index (χ3v) is 5.16. The molecule has 0 saturated carbocycles. The number of carbonyl (C=O) groups excluding carboxylic acids is 1. The van der Waals surface area contributed by atoms with Crippen molar-refractivity contribution < 1.29 is 9.53 Å². The van der Waals surface area contributed by atoms with E-state index in [4.69, 9.17) is 10.00 Å². The van der Waals surface area contributed by atoms with Crippen LogP contribution in [0.5, 0.6) is 5.75 Å². The number of methoxy groups -OCH3 is 1. The zero-order chi connectivity index (χ0) is 19.8. The number of nitrogens with one attached hydrogen (secondary N) is 1. The Labute approximate surface area is 168 Å². The first-order valence-corrected chi connectivity index (χ1v) is 9.78. The van der Waals surface area contributed by atoms with Crippen molar-refractivity contribution in [1.29, 1.82) is 5.26 Å². The number of para-hydroxylation sites is 1. The fraction of sp³-hybridized carbons (Fsp3) is 0.182. The summed E-state index contributed by atoms with van der Waals surface area (Å²) in [6, 6.07) is 21.0. The van der Waals surface area contributed by atoms with E-state index < -0.39 is 0 Å². The lowest BCUT2D eigenvalue weighted by molar-refractivity contribution is -0.116. The van der Waals surface area contributed by atoms with E-state index in [9.17, 15) is 4.79 Å². The Morgan fingerprint density at radius 3 is 2.61 bits per heavy atom. The van der Waals surface area contributed by atoms with E-state index in [2.05, 4.69) is 22.4 Å². The molecule has 0 aliphatic rings. The maximum absolute atomic E-state index is 12.5. The van der Waals surface area contributed by atoms with Crippen LogP contribution >= 0.6 is 11.3 Å². The van der Waals surface area contributed by atoms with Gasteiger partial charge in [-0.3, -0.25) is 4.79 Å². The third kappa shape index (κ3) is 5.12. The maximum Gasteiger partial charge on any atom is 0.226 e. The summed E-state index contributed by atoms with van der Waals surface area (Å²) in [5.41, 5.74) is 2.03.